The van der Waals surface area contributed by atoms with Crippen LogP contribution in [-0.4, -0.2) is 32.4 Å². The molecule has 3 heteroatoms. The summed E-state index contributed by atoms with van der Waals surface area (Å²) in [6.07, 6.45) is 2.65. The van der Waals surface area contributed by atoms with Crippen LogP contribution in [0, 0.1) is 12.8 Å². The molecule has 0 bridgehead atoms. The van der Waals surface area contributed by atoms with Crippen LogP contribution in [0.15, 0.2) is 24.3 Å². The number of hydrogen-bond donors (Lipinski definition) is 1. The second-order valence-corrected chi connectivity index (χ2v) is 5.59. The van der Waals surface area contributed by atoms with Crippen LogP contribution in [0.5, 0.6) is 5.75 Å². The van der Waals surface area contributed by atoms with Crippen molar-refractivity contribution in [2.24, 2.45) is 5.92 Å². The van der Waals surface area contributed by atoms with Crippen molar-refractivity contribution in [1.29, 1.82) is 0 Å². The van der Waals surface area contributed by atoms with Crippen molar-refractivity contribution in [1.82, 2.24) is 5.32 Å². The van der Waals surface area contributed by atoms with E-state index >= 15 is 0 Å². The molecular formula is C16H25NO2. The van der Waals surface area contributed by atoms with Gasteiger partial charge in [-0.15, -0.1) is 0 Å². The third-order valence-electron chi connectivity index (χ3n) is 3.56. The summed E-state index contributed by atoms with van der Waals surface area (Å²) in [5.41, 5.74) is 1.26. The first-order chi connectivity index (χ1) is 9.19. The fourth-order valence-corrected chi connectivity index (χ4v) is 2.27. The van der Waals surface area contributed by atoms with Gasteiger partial charge in [-0.3, -0.25) is 0 Å². The Morgan fingerprint density at radius 1 is 1.21 bits per heavy atom. The molecule has 0 radical (unpaired) electrons. The van der Waals surface area contributed by atoms with Crippen LogP contribution in [0.25, 0.3) is 0 Å². The first-order valence-corrected chi connectivity index (χ1v) is 7.13. The Kier molecular flexibility index (Phi) is 5.23. The highest BCUT2D eigenvalue weighted by Gasteiger charge is 2.31. The van der Waals surface area contributed by atoms with Gasteiger partial charge in [-0.1, -0.05) is 17.7 Å². The quantitative estimate of drug-likeness (QED) is 0.782. The van der Waals surface area contributed by atoms with E-state index in [1.807, 2.05) is 12.1 Å². The monoisotopic (exact) mass is 263 g/mol. The summed E-state index contributed by atoms with van der Waals surface area (Å²) in [6.45, 7) is 5.73. The number of aryl methyl sites for hydroxylation is 1. The van der Waals surface area contributed by atoms with E-state index in [0.717, 1.165) is 18.3 Å². The molecule has 3 nitrogen and oxygen atoms in total. The van der Waals surface area contributed by atoms with E-state index < -0.39 is 0 Å². The molecule has 1 aliphatic rings. The van der Waals surface area contributed by atoms with Gasteiger partial charge in [-0.25, -0.2) is 0 Å². The lowest BCUT2D eigenvalue weighted by molar-refractivity contribution is 0.144. The number of nitrogens with one attached hydrogen (secondary N) is 1. The van der Waals surface area contributed by atoms with Gasteiger partial charge < -0.3 is 14.8 Å². The first kappa shape index (κ1) is 14.4. The molecule has 106 valence electrons. The largest absolute Gasteiger partial charge is 0.492 e. The van der Waals surface area contributed by atoms with Crippen LogP contribution < -0.4 is 10.1 Å². The standard InChI is InChI=1S/C16H25NO2/c1-12-4-8-15(9-5-12)19-10-13(2)17-16(11-18-3)14-6-7-14/h4-5,8-9,13-14,16-17H,6-7,10-11H2,1-3H3. The number of hydrogen-bond acceptors (Lipinski definition) is 3. The molecule has 1 aromatic carbocycles. The van der Waals surface area contributed by atoms with E-state index in [4.69, 9.17) is 9.47 Å². The minimum atomic E-state index is 0.335. The van der Waals surface area contributed by atoms with Crippen molar-refractivity contribution in [2.45, 2.75) is 38.8 Å². The highest BCUT2D eigenvalue weighted by Crippen LogP contribution is 2.32. The predicted molar refractivity (Wildman–Crippen MR) is 77.7 cm³/mol. The summed E-state index contributed by atoms with van der Waals surface area (Å²) >= 11 is 0. The van der Waals surface area contributed by atoms with E-state index in [0.29, 0.717) is 18.7 Å². The molecule has 2 unspecified atom stereocenters. The molecule has 0 heterocycles. The Labute approximate surface area is 116 Å². The van der Waals surface area contributed by atoms with Crippen molar-refractivity contribution in [3.63, 3.8) is 0 Å². The van der Waals surface area contributed by atoms with Crippen molar-refractivity contribution >= 4 is 0 Å². The summed E-state index contributed by atoms with van der Waals surface area (Å²) < 4.78 is 11.1. The van der Waals surface area contributed by atoms with Crippen molar-refractivity contribution in [3.8, 4) is 5.75 Å². The topological polar surface area (TPSA) is 30.5 Å². The van der Waals surface area contributed by atoms with Crippen LogP contribution in [-0.2, 0) is 4.74 Å². The molecule has 1 fully saturated rings. The van der Waals surface area contributed by atoms with E-state index in [2.05, 4.69) is 31.3 Å². The summed E-state index contributed by atoms with van der Waals surface area (Å²) in [7, 11) is 1.77. The van der Waals surface area contributed by atoms with Gasteiger partial charge in [0.05, 0.1) is 6.61 Å². The first-order valence-electron chi connectivity index (χ1n) is 7.13. The normalized spacial score (nSPS) is 18.1. The highest BCUT2D eigenvalue weighted by atomic mass is 16.5. The number of methoxy groups -OCH3 is 1. The molecule has 1 aliphatic carbocycles. The summed E-state index contributed by atoms with van der Waals surface area (Å²) in [5.74, 6) is 1.73. The average molecular weight is 263 g/mol. The smallest absolute Gasteiger partial charge is 0.119 e. The second kappa shape index (κ2) is 6.92. The van der Waals surface area contributed by atoms with Gasteiger partial charge in [0.25, 0.3) is 0 Å². The Balaban J connectivity index is 1.73. The molecule has 0 aliphatic heterocycles. The Hall–Kier alpha value is -1.06. The van der Waals surface area contributed by atoms with Crippen LogP contribution in [0.1, 0.15) is 25.3 Å². The van der Waals surface area contributed by atoms with Crippen molar-refractivity contribution < 1.29 is 9.47 Å². The fourth-order valence-electron chi connectivity index (χ4n) is 2.27. The van der Waals surface area contributed by atoms with Gasteiger partial charge in [0.1, 0.15) is 12.4 Å². The average Bonchev–Trinajstić information content (AvgIpc) is 3.22. The maximum Gasteiger partial charge on any atom is 0.119 e. The lowest BCUT2D eigenvalue weighted by Gasteiger charge is -2.22. The number of rotatable bonds is 8. The Bertz CT molecular complexity index is 373. The zero-order valence-electron chi connectivity index (χ0n) is 12.2. The molecule has 1 aromatic rings. The van der Waals surface area contributed by atoms with E-state index in [1.54, 1.807) is 7.11 Å². The van der Waals surface area contributed by atoms with E-state index in [-0.39, 0.29) is 0 Å². The zero-order valence-corrected chi connectivity index (χ0v) is 12.2. The van der Waals surface area contributed by atoms with Gasteiger partial charge in [-0.05, 0) is 44.7 Å². The molecule has 19 heavy (non-hydrogen) atoms. The van der Waals surface area contributed by atoms with Gasteiger partial charge in [0.2, 0.25) is 0 Å². The minimum absolute atomic E-state index is 0.335. The molecule has 1 N–H and O–H groups in total. The van der Waals surface area contributed by atoms with Crippen LogP contribution in [0.3, 0.4) is 0 Å². The zero-order chi connectivity index (χ0) is 13.7. The molecular weight excluding hydrogens is 238 g/mol. The van der Waals surface area contributed by atoms with Gasteiger partial charge in [0, 0.05) is 19.2 Å². The van der Waals surface area contributed by atoms with Crippen molar-refractivity contribution in [3.05, 3.63) is 29.8 Å². The highest BCUT2D eigenvalue weighted by molar-refractivity contribution is 5.26. The van der Waals surface area contributed by atoms with Crippen LogP contribution >= 0.6 is 0 Å². The lowest BCUT2D eigenvalue weighted by Crippen LogP contribution is -2.43. The maximum absolute atomic E-state index is 5.80. The molecule has 0 spiro atoms. The van der Waals surface area contributed by atoms with Gasteiger partial charge in [-0.2, -0.15) is 0 Å². The van der Waals surface area contributed by atoms with E-state index in [9.17, 15) is 0 Å². The predicted octanol–water partition coefficient (Wildman–Crippen LogP) is 2.78. The Morgan fingerprint density at radius 3 is 2.47 bits per heavy atom. The van der Waals surface area contributed by atoms with Gasteiger partial charge in [0.15, 0.2) is 0 Å². The summed E-state index contributed by atoms with van der Waals surface area (Å²) in [5, 5.41) is 3.61. The summed E-state index contributed by atoms with van der Waals surface area (Å²) in [6, 6.07) is 9.01. The van der Waals surface area contributed by atoms with Crippen LogP contribution in [0.4, 0.5) is 0 Å². The summed E-state index contributed by atoms with van der Waals surface area (Å²) in [4.78, 5) is 0. The maximum atomic E-state index is 5.80. The Morgan fingerprint density at radius 2 is 1.89 bits per heavy atom. The molecule has 2 atom stereocenters. The third-order valence-corrected chi connectivity index (χ3v) is 3.56. The number of benzene rings is 1. The van der Waals surface area contributed by atoms with Crippen molar-refractivity contribution in [2.75, 3.05) is 20.3 Å². The molecule has 0 saturated heterocycles. The molecule has 0 aromatic heterocycles. The fraction of sp³-hybridized carbons (Fsp3) is 0.625. The number of ether oxygens (including phenoxy) is 2. The molecule has 1 saturated carbocycles. The molecule has 0 amide bonds. The second-order valence-electron chi connectivity index (χ2n) is 5.59. The minimum Gasteiger partial charge on any atom is -0.492 e. The lowest BCUT2D eigenvalue weighted by atomic mass is 10.1. The SMILES string of the molecule is COCC(NC(C)COc1ccc(C)cc1)C1CC1. The van der Waals surface area contributed by atoms with Gasteiger partial charge >= 0.3 is 0 Å². The van der Waals surface area contributed by atoms with E-state index in [1.165, 1.54) is 18.4 Å². The third kappa shape index (κ3) is 4.84. The van der Waals surface area contributed by atoms with Crippen LogP contribution in [0.2, 0.25) is 0 Å². The molecule has 2 rings (SSSR count).